The third-order valence-electron chi connectivity index (χ3n) is 2.83. The maximum Gasteiger partial charge on any atom is 0.119 e. The monoisotopic (exact) mass is 324 g/mol. The molecule has 18 heavy (non-hydrogen) atoms. The Balaban J connectivity index is 2.18. The van der Waals surface area contributed by atoms with E-state index in [0.29, 0.717) is 6.61 Å². The van der Waals surface area contributed by atoms with Gasteiger partial charge in [-0.15, -0.1) is 0 Å². The summed E-state index contributed by atoms with van der Waals surface area (Å²) in [4.78, 5) is 0. The van der Waals surface area contributed by atoms with Crippen molar-refractivity contribution in [3.8, 4) is 5.75 Å². The van der Waals surface area contributed by atoms with Crippen molar-refractivity contribution in [3.63, 3.8) is 0 Å². The maximum atomic E-state index is 5.84. The molecule has 1 nitrogen and oxygen atoms in total. The molecule has 2 aromatic carbocycles. The van der Waals surface area contributed by atoms with E-state index in [9.17, 15) is 0 Å². The van der Waals surface area contributed by atoms with Crippen LogP contribution in [-0.2, 0) is 0 Å². The highest BCUT2D eigenvalue weighted by Gasteiger charge is 2.16. The van der Waals surface area contributed by atoms with Gasteiger partial charge in [0.2, 0.25) is 0 Å². The summed E-state index contributed by atoms with van der Waals surface area (Å²) in [6, 6.07) is 12.4. The highest BCUT2D eigenvalue weighted by Crippen LogP contribution is 2.25. The van der Waals surface area contributed by atoms with Crippen LogP contribution in [0.15, 0.2) is 40.9 Å². The second-order valence-corrected chi connectivity index (χ2v) is 6.50. The van der Waals surface area contributed by atoms with Crippen molar-refractivity contribution in [2.45, 2.75) is 13.8 Å². The minimum atomic E-state index is 0.0950. The zero-order valence-electron chi connectivity index (χ0n) is 10.6. The Hall–Kier alpha value is -0.670. The molecule has 0 radical (unpaired) electrons. The van der Waals surface area contributed by atoms with Crippen molar-refractivity contribution in [2.24, 2.45) is 5.41 Å². The largest absolute Gasteiger partial charge is 0.493 e. The van der Waals surface area contributed by atoms with Crippen molar-refractivity contribution in [1.29, 1.82) is 0 Å². The molecule has 2 rings (SSSR count). The smallest absolute Gasteiger partial charge is 0.119 e. The van der Waals surface area contributed by atoms with E-state index < -0.39 is 0 Å². The third kappa shape index (κ3) is 3.42. The maximum absolute atomic E-state index is 5.84. The number of thiol groups is 1. The summed E-state index contributed by atoms with van der Waals surface area (Å²) in [6.45, 7) is 4.98. The van der Waals surface area contributed by atoms with Crippen molar-refractivity contribution in [1.82, 2.24) is 0 Å². The molecule has 0 aliphatic carbocycles. The van der Waals surface area contributed by atoms with Crippen LogP contribution >= 0.6 is 28.6 Å². The van der Waals surface area contributed by atoms with Gasteiger partial charge in [0, 0.05) is 9.89 Å². The molecule has 2 aromatic rings. The summed E-state index contributed by atoms with van der Waals surface area (Å²) in [5, 5.41) is 2.41. The fourth-order valence-corrected chi connectivity index (χ4v) is 2.08. The van der Waals surface area contributed by atoms with Gasteiger partial charge in [-0.05, 0) is 40.8 Å². The van der Waals surface area contributed by atoms with Crippen LogP contribution in [0.5, 0.6) is 5.75 Å². The molecule has 0 heterocycles. The van der Waals surface area contributed by atoms with Crippen LogP contribution in [0.3, 0.4) is 0 Å². The molecule has 0 unspecified atom stereocenters. The Morgan fingerprint density at radius 2 is 1.78 bits per heavy atom. The van der Waals surface area contributed by atoms with Crippen LogP contribution in [0.2, 0.25) is 0 Å². The zero-order chi connectivity index (χ0) is 13.2. The minimum absolute atomic E-state index is 0.0950. The Kier molecular flexibility index (Phi) is 4.23. The normalized spacial score (nSPS) is 11.8. The number of benzene rings is 2. The number of ether oxygens (including phenoxy) is 1. The van der Waals surface area contributed by atoms with Crippen molar-refractivity contribution < 1.29 is 4.74 Å². The lowest BCUT2D eigenvalue weighted by molar-refractivity contribution is 0.202. The second-order valence-electron chi connectivity index (χ2n) is 5.26. The van der Waals surface area contributed by atoms with Crippen molar-refractivity contribution >= 4 is 39.3 Å². The first-order valence-corrected chi connectivity index (χ1v) is 7.36. The summed E-state index contributed by atoms with van der Waals surface area (Å²) in [6.07, 6.45) is 0. The summed E-state index contributed by atoms with van der Waals surface area (Å²) in [7, 11) is 0. The van der Waals surface area contributed by atoms with Crippen molar-refractivity contribution in [2.75, 3.05) is 12.4 Å². The Labute approximate surface area is 122 Å². The van der Waals surface area contributed by atoms with Gasteiger partial charge in [-0.3, -0.25) is 0 Å². The molecule has 0 aromatic heterocycles. The third-order valence-corrected chi connectivity index (χ3v) is 4.18. The predicted molar refractivity (Wildman–Crippen MR) is 84.8 cm³/mol. The van der Waals surface area contributed by atoms with E-state index in [1.165, 1.54) is 10.8 Å². The van der Waals surface area contributed by atoms with Gasteiger partial charge in [0.1, 0.15) is 5.75 Å². The van der Waals surface area contributed by atoms with E-state index in [0.717, 1.165) is 16.0 Å². The molecular weight excluding hydrogens is 308 g/mol. The van der Waals surface area contributed by atoms with E-state index in [4.69, 9.17) is 4.74 Å². The van der Waals surface area contributed by atoms with Gasteiger partial charge in [0.25, 0.3) is 0 Å². The lowest BCUT2D eigenvalue weighted by atomic mass is 9.98. The zero-order valence-corrected chi connectivity index (χ0v) is 13.1. The van der Waals surface area contributed by atoms with Crippen LogP contribution in [0.4, 0.5) is 0 Å². The number of fused-ring (bicyclic) bond motifs is 1. The fraction of sp³-hybridized carbons (Fsp3) is 0.333. The molecule has 3 heteroatoms. The molecule has 0 spiro atoms. The number of hydrogen-bond acceptors (Lipinski definition) is 2. The van der Waals surface area contributed by atoms with Gasteiger partial charge in [-0.1, -0.05) is 41.9 Å². The Bertz CT molecular complexity index is 551. The fourth-order valence-electron chi connectivity index (χ4n) is 1.61. The SMILES string of the molecule is CC(C)(CS)COc1ccc2cc(Br)ccc2c1. The average Bonchev–Trinajstić information content (AvgIpc) is 2.36. The standard InChI is InChI=1S/C15H17BrOS/c1-15(2,10-18)9-17-14-6-4-11-7-13(16)5-3-12(11)8-14/h3-8,18H,9-10H2,1-2H3. The average molecular weight is 325 g/mol. The van der Waals surface area contributed by atoms with Gasteiger partial charge < -0.3 is 4.74 Å². The lowest BCUT2D eigenvalue weighted by Crippen LogP contribution is -2.23. The topological polar surface area (TPSA) is 9.23 Å². The van der Waals surface area contributed by atoms with Crippen LogP contribution in [0, 0.1) is 5.41 Å². The molecule has 0 aliphatic heterocycles. The first-order chi connectivity index (χ1) is 8.50. The molecule has 0 N–H and O–H groups in total. The van der Waals surface area contributed by atoms with E-state index in [1.54, 1.807) is 0 Å². The van der Waals surface area contributed by atoms with Gasteiger partial charge in [-0.2, -0.15) is 12.6 Å². The van der Waals surface area contributed by atoms with Gasteiger partial charge >= 0.3 is 0 Å². The van der Waals surface area contributed by atoms with Gasteiger partial charge in [0.15, 0.2) is 0 Å². The minimum Gasteiger partial charge on any atom is -0.493 e. The first kappa shape index (κ1) is 13.8. The summed E-state index contributed by atoms with van der Waals surface area (Å²) >= 11 is 7.81. The molecule has 0 atom stereocenters. The van der Waals surface area contributed by atoms with Crippen LogP contribution in [-0.4, -0.2) is 12.4 Å². The predicted octanol–water partition coefficient (Wildman–Crippen LogP) is 4.94. The van der Waals surface area contributed by atoms with Crippen molar-refractivity contribution in [3.05, 3.63) is 40.9 Å². The van der Waals surface area contributed by atoms with Crippen LogP contribution in [0.1, 0.15) is 13.8 Å². The van der Waals surface area contributed by atoms with Gasteiger partial charge in [0.05, 0.1) is 6.61 Å². The van der Waals surface area contributed by atoms with E-state index in [-0.39, 0.29) is 5.41 Å². The summed E-state index contributed by atoms with van der Waals surface area (Å²) in [5.41, 5.74) is 0.0950. The number of hydrogen-bond donors (Lipinski definition) is 1. The highest BCUT2D eigenvalue weighted by atomic mass is 79.9. The molecular formula is C15H17BrOS. The first-order valence-electron chi connectivity index (χ1n) is 5.93. The molecule has 0 saturated heterocycles. The molecule has 0 aliphatic rings. The Morgan fingerprint density at radius 1 is 1.11 bits per heavy atom. The second kappa shape index (κ2) is 5.54. The van der Waals surface area contributed by atoms with E-state index >= 15 is 0 Å². The molecule has 96 valence electrons. The molecule has 0 fully saturated rings. The quantitative estimate of drug-likeness (QED) is 0.784. The van der Waals surface area contributed by atoms with Gasteiger partial charge in [-0.25, -0.2) is 0 Å². The number of rotatable bonds is 4. The van der Waals surface area contributed by atoms with Crippen LogP contribution in [0.25, 0.3) is 10.8 Å². The Morgan fingerprint density at radius 3 is 2.50 bits per heavy atom. The summed E-state index contributed by atoms with van der Waals surface area (Å²) < 4.78 is 6.94. The van der Waals surface area contributed by atoms with Crippen LogP contribution < -0.4 is 4.74 Å². The molecule has 0 amide bonds. The van der Waals surface area contributed by atoms with E-state index in [1.807, 2.05) is 12.1 Å². The summed E-state index contributed by atoms with van der Waals surface area (Å²) in [5.74, 6) is 1.73. The van der Waals surface area contributed by atoms with E-state index in [2.05, 4.69) is 66.7 Å². The number of halogens is 1. The molecule has 0 bridgehead atoms. The molecule has 0 saturated carbocycles. The lowest BCUT2D eigenvalue weighted by Gasteiger charge is -2.22. The highest BCUT2D eigenvalue weighted by molar-refractivity contribution is 9.10.